The Morgan fingerprint density at radius 3 is 3.11 bits per heavy atom. The fourth-order valence-corrected chi connectivity index (χ4v) is 2.42. The van der Waals surface area contributed by atoms with E-state index in [9.17, 15) is 5.26 Å². The van der Waals surface area contributed by atoms with Crippen LogP contribution in [-0.2, 0) is 13.0 Å². The van der Waals surface area contributed by atoms with E-state index in [-0.39, 0.29) is 0 Å². The topological polar surface area (TPSA) is 70.3 Å². The molecule has 0 unspecified atom stereocenters. The van der Waals surface area contributed by atoms with E-state index in [0.717, 1.165) is 37.3 Å². The molecule has 5 nitrogen and oxygen atoms in total. The van der Waals surface area contributed by atoms with Gasteiger partial charge in [-0.05, 0) is 31.1 Å². The Hall–Kier alpha value is -2.35. The first-order valence-corrected chi connectivity index (χ1v) is 6.56. The van der Waals surface area contributed by atoms with Crippen molar-refractivity contribution in [1.29, 1.82) is 5.26 Å². The van der Waals surface area contributed by atoms with Crippen molar-refractivity contribution in [2.45, 2.75) is 32.2 Å². The van der Waals surface area contributed by atoms with Crippen molar-refractivity contribution < 1.29 is 0 Å². The van der Waals surface area contributed by atoms with Gasteiger partial charge in [0.15, 0.2) is 5.82 Å². The fraction of sp³-hybridized carbons (Fsp3) is 0.357. The number of nitrogens with zero attached hydrogens (tertiary/aromatic N) is 4. The van der Waals surface area contributed by atoms with Crippen molar-refractivity contribution >= 4 is 11.6 Å². The summed E-state index contributed by atoms with van der Waals surface area (Å²) in [4.78, 5) is 3.07. The first-order valence-electron chi connectivity index (χ1n) is 6.56. The Kier molecular flexibility index (Phi) is 3.15. The lowest BCUT2D eigenvalue weighted by atomic mass is 10.2. The summed E-state index contributed by atoms with van der Waals surface area (Å²) in [6, 6.07) is 6.07. The molecule has 0 saturated carbocycles. The molecule has 0 spiro atoms. The molecule has 3 heterocycles. The van der Waals surface area contributed by atoms with Gasteiger partial charge in [0.1, 0.15) is 11.9 Å². The lowest BCUT2D eigenvalue weighted by Gasteiger charge is -2.05. The maximum atomic E-state index is 9.36. The van der Waals surface area contributed by atoms with Gasteiger partial charge < -0.3 is 9.55 Å². The number of hydrogen-bond donors (Lipinski definition) is 1. The number of H-pyrrole nitrogens is 1. The van der Waals surface area contributed by atoms with E-state index < -0.39 is 0 Å². The molecule has 0 fully saturated rings. The fourth-order valence-electron chi connectivity index (χ4n) is 2.42. The molecule has 5 heteroatoms. The molecule has 0 aromatic carbocycles. The van der Waals surface area contributed by atoms with Crippen LogP contribution < -0.4 is 0 Å². The van der Waals surface area contributed by atoms with Crippen LogP contribution in [0.5, 0.6) is 0 Å². The van der Waals surface area contributed by atoms with Crippen LogP contribution in [-0.4, -0.2) is 19.7 Å². The third-order valence-corrected chi connectivity index (χ3v) is 3.39. The summed E-state index contributed by atoms with van der Waals surface area (Å²) in [6.45, 7) is 0.904. The molecular weight excluding hydrogens is 238 g/mol. The number of hydrogen-bond acceptors (Lipinski definition) is 3. The first-order chi connectivity index (χ1) is 9.38. The van der Waals surface area contributed by atoms with Gasteiger partial charge >= 0.3 is 0 Å². The van der Waals surface area contributed by atoms with Crippen LogP contribution in [0.2, 0.25) is 0 Å². The van der Waals surface area contributed by atoms with E-state index in [0.29, 0.717) is 11.4 Å². The largest absolute Gasteiger partial charge is 0.362 e. The Bertz CT molecular complexity index is 627. The van der Waals surface area contributed by atoms with E-state index >= 15 is 0 Å². The van der Waals surface area contributed by atoms with Crippen molar-refractivity contribution in [3.63, 3.8) is 0 Å². The third kappa shape index (κ3) is 2.29. The number of allylic oxidation sites excluding steroid dienone is 1. The standard InChI is InChI=1S/C14H15N5/c15-10-11(9-12-5-4-7-16-12)14-18-17-13-6-2-1-3-8-19(13)14/h4-5,7,9,16H,1-3,6,8H2/b11-9+. The highest BCUT2D eigenvalue weighted by Gasteiger charge is 2.17. The maximum absolute atomic E-state index is 9.36. The minimum Gasteiger partial charge on any atom is -0.362 e. The highest BCUT2D eigenvalue weighted by molar-refractivity contribution is 5.86. The summed E-state index contributed by atoms with van der Waals surface area (Å²) in [5.41, 5.74) is 1.46. The van der Waals surface area contributed by atoms with Crippen LogP contribution in [0.3, 0.4) is 0 Å². The second-order valence-electron chi connectivity index (χ2n) is 4.70. The monoisotopic (exact) mass is 253 g/mol. The molecule has 0 atom stereocenters. The van der Waals surface area contributed by atoms with Gasteiger partial charge in [-0.25, -0.2) is 0 Å². The molecule has 0 aliphatic carbocycles. The van der Waals surface area contributed by atoms with Crippen molar-refractivity contribution in [3.05, 3.63) is 35.7 Å². The average molecular weight is 253 g/mol. The van der Waals surface area contributed by atoms with Gasteiger partial charge in [-0.2, -0.15) is 5.26 Å². The number of nitriles is 1. The second-order valence-corrected chi connectivity index (χ2v) is 4.70. The molecule has 19 heavy (non-hydrogen) atoms. The predicted octanol–water partition coefficient (Wildman–Crippen LogP) is 2.40. The van der Waals surface area contributed by atoms with Gasteiger partial charge in [-0.15, -0.1) is 10.2 Å². The summed E-state index contributed by atoms with van der Waals surface area (Å²) in [6.07, 6.45) is 8.10. The summed E-state index contributed by atoms with van der Waals surface area (Å²) in [5.74, 6) is 1.69. The third-order valence-electron chi connectivity index (χ3n) is 3.39. The maximum Gasteiger partial charge on any atom is 0.174 e. The predicted molar refractivity (Wildman–Crippen MR) is 71.9 cm³/mol. The number of aromatic nitrogens is 4. The molecule has 0 saturated heterocycles. The van der Waals surface area contributed by atoms with Gasteiger partial charge in [-0.3, -0.25) is 0 Å². The number of aromatic amines is 1. The zero-order valence-electron chi connectivity index (χ0n) is 10.6. The summed E-state index contributed by atoms with van der Waals surface area (Å²) >= 11 is 0. The summed E-state index contributed by atoms with van der Waals surface area (Å²) in [5, 5.41) is 17.8. The van der Waals surface area contributed by atoms with Crippen LogP contribution in [0.25, 0.3) is 11.6 Å². The highest BCUT2D eigenvalue weighted by Crippen LogP contribution is 2.20. The van der Waals surface area contributed by atoms with Crippen LogP contribution in [0.1, 0.15) is 36.6 Å². The Balaban J connectivity index is 2.01. The number of rotatable bonds is 2. The van der Waals surface area contributed by atoms with E-state index in [2.05, 4.69) is 25.8 Å². The normalized spacial score (nSPS) is 15.6. The summed E-state index contributed by atoms with van der Waals surface area (Å²) in [7, 11) is 0. The minimum atomic E-state index is 0.558. The molecule has 1 aliphatic rings. The van der Waals surface area contributed by atoms with Gasteiger partial charge in [-0.1, -0.05) is 6.42 Å². The number of fused-ring (bicyclic) bond motifs is 1. The van der Waals surface area contributed by atoms with Crippen molar-refractivity contribution in [2.75, 3.05) is 0 Å². The zero-order chi connectivity index (χ0) is 13.1. The molecule has 3 rings (SSSR count). The van der Waals surface area contributed by atoms with Gasteiger partial charge in [0.05, 0.1) is 5.57 Å². The Morgan fingerprint density at radius 1 is 1.37 bits per heavy atom. The van der Waals surface area contributed by atoms with Crippen LogP contribution in [0.4, 0.5) is 0 Å². The first kappa shape index (κ1) is 11.7. The molecule has 1 aliphatic heterocycles. The second kappa shape index (κ2) is 5.11. The molecule has 0 amide bonds. The quantitative estimate of drug-likeness (QED) is 0.835. The van der Waals surface area contributed by atoms with Crippen LogP contribution in [0.15, 0.2) is 18.3 Å². The smallest absolute Gasteiger partial charge is 0.174 e. The summed E-state index contributed by atoms with van der Waals surface area (Å²) < 4.78 is 2.09. The molecule has 96 valence electrons. The van der Waals surface area contributed by atoms with Crippen molar-refractivity contribution in [3.8, 4) is 6.07 Å². The molecular formula is C14H15N5. The Labute approximate surface area is 111 Å². The molecule has 0 bridgehead atoms. The zero-order valence-corrected chi connectivity index (χ0v) is 10.6. The van der Waals surface area contributed by atoms with Crippen LogP contribution >= 0.6 is 0 Å². The van der Waals surface area contributed by atoms with Gasteiger partial charge in [0.2, 0.25) is 0 Å². The van der Waals surface area contributed by atoms with Gasteiger partial charge in [0.25, 0.3) is 0 Å². The lowest BCUT2D eigenvalue weighted by molar-refractivity contribution is 0.627. The lowest BCUT2D eigenvalue weighted by Crippen LogP contribution is -2.05. The number of aryl methyl sites for hydroxylation is 1. The van der Waals surface area contributed by atoms with Crippen molar-refractivity contribution in [2.24, 2.45) is 0 Å². The Morgan fingerprint density at radius 2 is 2.32 bits per heavy atom. The SMILES string of the molecule is N#C/C(=C\c1ccc[nH]1)c1nnc2n1CCCCC2. The highest BCUT2D eigenvalue weighted by atomic mass is 15.3. The van der Waals surface area contributed by atoms with Crippen LogP contribution in [0, 0.1) is 11.3 Å². The van der Waals surface area contributed by atoms with E-state index in [1.54, 1.807) is 0 Å². The number of nitrogens with one attached hydrogen (secondary N) is 1. The van der Waals surface area contributed by atoms with Gasteiger partial charge in [0, 0.05) is 24.9 Å². The van der Waals surface area contributed by atoms with Crippen molar-refractivity contribution in [1.82, 2.24) is 19.7 Å². The molecule has 2 aromatic heterocycles. The molecule has 0 radical (unpaired) electrons. The molecule has 1 N–H and O–H groups in total. The molecule has 2 aromatic rings. The van der Waals surface area contributed by atoms with E-state index in [1.807, 2.05) is 24.4 Å². The minimum absolute atomic E-state index is 0.558. The van der Waals surface area contributed by atoms with E-state index in [4.69, 9.17) is 0 Å². The average Bonchev–Trinajstić information content (AvgIpc) is 3.01. The van der Waals surface area contributed by atoms with E-state index in [1.165, 1.54) is 6.42 Å².